The number of phenolic OH excluding ortho intramolecular Hbond substituents is 1. The summed E-state index contributed by atoms with van der Waals surface area (Å²) in [4.78, 5) is 26.0. The van der Waals surface area contributed by atoms with Crippen LogP contribution in [0.2, 0.25) is 5.02 Å². The van der Waals surface area contributed by atoms with Gasteiger partial charge in [0, 0.05) is 17.0 Å². The number of hydrogen-bond acceptors (Lipinski definition) is 6. The second-order valence-electron chi connectivity index (χ2n) is 4.75. The van der Waals surface area contributed by atoms with E-state index in [4.69, 9.17) is 16.0 Å². The molecule has 1 aromatic heterocycles. The summed E-state index contributed by atoms with van der Waals surface area (Å²) < 4.78 is 5.13. The summed E-state index contributed by atoms with van der Waals surface area (Å²) >= 11 is 5.76. The molecule has 2 rings (SSSR count). The number of rotatable bonds is 4. The van der Waals surface area contributed by atoms with Crippen molar-refractivity contribution >= 4 is 28.9 Å². The van der Waals surface area contributed by atoms with Crippen LogP contribution in [0.4, 0.5) is 11.4 Å². The Morgan fingerprint density at radius 3 is 2.77 bits per heavy atom. The molecule has 2 aromatic rings. The fraction of sp³-hybridized carbons (Fsp3) is 0.231. The van der Waals surface area contributed by atoms with Gasteiger partial charge in [-0.15, -0.1) is 0 Å². The molecular formula is C13H12ClN3O5. The summed E-state index contributed by atoms with van der Waals surface area (Å²) in [6, 6.07) is 2.19. The van der Waals surface area contributed by atoms with Crippen molar-refractivity contribution in [1.82, 2.24) is 4.98 Å². The van der Waals surface area contributed by atoms with Crippen LogP contribution in [0.3, 0.4) is 0 Å². The quantitative estimate of drug-likeness (QED) is 0.505. The number of nitrogens with zero attached hydrogens (tertiary/aromatic N) is 2. The highest BCUT2D eigenvalue weighted by atomic mass is 35.5. The predicted molar refractivity (Wildman–Crippen MR) is 78.3 cm³/mol. The van der Waals surface area contributed by atoms with E-state index in [1.165, 1.54) is 6.07 Å². The molecule has 0 saturated carbocycles. The van der Waals surface area contributed by atoms with Crippen molar-refractivity contribution in [3.05, 3.63) is 45.1 Å². The Labute approximate surface area is 129 Å². The Kier molecular flexibility index (Phi) is 4.32. The molecule has 0 aliphatic rings. The number of aromatic hydroxyl groups is 1. The lowest BCUT2D eigenvalue weighted by Gasteiger charge is -2.08. The highest BCUT2D eigenvalue weighted by Gasteiger charge is 2.23. The second-order valence-corrected chi connectivity index (χ2v) is 5.19. The molecule has 0 spiro atoms. The molecule has 0 bridgehead atoms. The van der Waals surface area contributed by atoms with Gasteiger partial charge in [0.2, 0.25) is 5.75 Å². The zero-order chi connectivity index (χ0) is 16.4. The van der Waals surface area contributed by atoms with E-state index in [0.717, 1.165) is 12.5 Å². The van der Waals surface area contributed by atoms with Crippen molar-refractivity contribution < 1.29 is 19.2 Å². The van der Waals surface area contributed by atoms with Gasteiger partial charge < -0.3 is 14.8 Å². The maximum atomic E-state index is 12.2. The van der Waals surface area contributed by atoms with Gasteiger partial charge in [0.25, 0.3) is 5.91 Å². The third-order valence-electron chi connectivity index (χ3n) is 2.83. The number of anilines is 1. The molecule has 0 unspecified atom stereocenters. The number of amides is 1. The third kappa shape index (κ3) is 3.01. The number of oxazole rings is 1. The standard InChI is InChI=1S/C13H12ClN3O5/c1-6(2)12-10(15-5-22-12)13(19)16-8-3-7(14)4-9(11(8)18)17(20)21/h3-6,18H,1-2H3,(H,16,19). The maximum Gasteiger partial charge on any atom is 0.314 e. The van der Waals surface area contributed by atoms with E-state index in [0.29, 0.717) is 5.76 Å². The van der Waals surface area contributed by atoms with Crippen molar-refractivity contribution in [2.24, 2.45) is 0 Å². The summed E-state index contributed by atoms with van der Waals surface area (Å²) in [7, 11) is 0. The number of nitro benzene ring substituents is 1. The molecule has 1 heterocycles. The highest BCUT2D eigenvalue weighted by molar-refractivity contribution is 6.31. The SMILES string of the molecule is CC(C)c1ocnc1C(=O)Nc1cc(Cl)cc([N+](=O)[O-])c1O. The predicted octanol–water partition coefficient (Wildman–Crippen LogP) is 3.32. The van der Waals surface area contributed by atoms with Crippen LogP contribution in [-0.2, 0) is 0 Å². The number of hydrogen-bond donors (Lipinski definition) is 2. The first-order valence-electron chi connectivity index (χ1n) is 6.23. The minimum atomic E-state index is -0.799. The zero-order valence-electron chi connectivity index (χ0n) is 11.7. The van der Waals surface area contributed by atoms with Gasteiger partial charge in [0.05, 0.1) is 10.6 Å². The molecule has 22 heavy (non-hydrogen) atoms. The molecule has 116 valence electrons. The Morgan fingerprint density at radius 1 is 1.50 bits per heavy atom. The number of benzene rings is 1. The molecule has 0 aliphatic carbocycles. The first kappa shape index (κ1) is 15.8. The molecule has 0 fully saturated rings. The van der Waals surface area contributed by atoms with Crippen molar-refractivity contribution in [2.75, 3.05) is 5.32 Å². The number of halogens is 1. The lowest BCUT2D eigenvalue weighted by molar-refractivity contribution is -0.385. The van der Waals surface area contributed by atoms with Crippen LogP contribution < -0.4 is 5.32 Å². The molecule has 8 nitrogen and oxygen atoms in total. The highest BCUT2D eigenvalue weighted by Crippen LogP contribution is 2.37. The van der Waals surface area contributed by atoms with Gasteiger partial charge in [-0.3, -0.25) is 14.9 Å². The van der Waals surface area contributed by atoms with Crippen LogP contribution in [-0.4, -0.2) is 20.9 Å². The van der Waals surface area contributed by atoms with Crippen molar-refractivity contribution in [3.8, 4) is 5.75 Å². The van der Waals surface area contributed by atoms with E-state index in [1.807, 2.05) is 13.8 Å². The smallest absolute Gasteiger partial charge is 0.314 e. The lowest BCUT2D eigenvalue weighted by Crippen LogP contribution is -2.15. The van der Waals surface area contributed by atoms with Gasteiger partial charge >= 0.3 is 5.69 Å². The van der Waals surface area contributed by atoms with Crippen LogP contribution in [0.5, 0.6) is 5.75 Å². The summed E-state index contributed by atoms with van der Waals surface area (Å²) in [5.41, 5.74) is -0.744. The van der Waals surface area contributed by atoms with Crippen molar-refractivity contribution in [2.45, 2.75) is 19.8 Å². The largest absolute Gasteiger partial charge is 0.501 e. The normalized spacial score (nSPS) is 10.7. The Hall–Kier alpha value is -2.61. The molecule has 0 radical (unpaired) electrons. The van der Waals surface area contributed by atoms with Crippen LogP contribution in [0.15, 0.2) is 22.9 Å². The van der Waals surface area contributed by atoms with E-state index < -0.39 is 22.3 Å². The van der Waals surface area contributed by atoms with Gasteiger partial charge in [-0.1, -0.05) is 25.4 Å². The average Bonchev–Trinajstić information content (AvgIpc) is 2.91. The minimum Gasteiger partial charge on any atom is -0.501 e. The molecular weight excluding hydrogens is 314 g/mol. The zero-order valence-corrected chi connectivity index (χ0v) is 12.4. The first-order chi connectivity index (χ1) is 10.3. The summed E-state index contributed by atoms with van der Waals surface area (Å²) in [6.07, 6.45) is 1.13. The van der Waals surface area contributed by atoms with Crippen LogP contribution in [0, 0.1) is 10.1 Å². The maximum absolute atomic E-state index is 12.2. The summed E-state index contributed by atoms with van der Waals surface area (Å²) in [5, 5.41) is 23.0. The van der Waals surface area contributed by atoms with Crippen LogP contribution in [0.1, 0.15) is 36.0 Å². The molecule has 9 heteroatoms. The average molecular weight is 326 g/mol. The molecule has 0 atom stereocenters. The second kappa shape index (κ2) is 6.02. The number of carbonyl (C=O) groups is 1. The van der Waals surface area contributed by atoms with E-state index in [9.17, 15) is 20.0 Å². The van der Waals surface area contributed by atoms with Gasteiger partial charge in [-0.05, 0) is 6.07 Å². The van der Waals surface area contributed by atoms with E-state index >= 15 is 0 Å². The Balaban J connectivity index is 2.37. The van der Waals surface area contributed by atoms with Gasteiger partial charge in [0.1, 0.15) is 5.76 Å². The number of phenols is 1. The van der Waals surface area contributed by atoms with E-state index in [-0.39, 0.29) is 22.3 Å². The number of nitrogens with one attached hydrogen (secondary N) is 1. The fourth-order valence-electron chi connectivity index (χ4n) is 1.84. The molecule has 2 N–H and O–H groups in total. The topological polar surface area (TPSA) is 119 Å². The van der Waals surface area contributed by atoms with Crippen molar-refractivity contribution in [3.63, 3.8) is 0 Å². The molecule has 0 aliphatic heterocycles. The summed E-state index contributed by atoms with van der Waals surface area (Å²) in [6.45, 7) is 3.64. The molecule has 1 aromatic carbocycles. The number of carbonyl (C=O) groups excluding carboxylic acids is 1. The lowest BCUT2D eigenvalue weighted by atomic mass is 10.1. The van der Waals surface area contributed by atoms with Crippen LogP contribution >= 0.6 is 11.6 Å². The molecule has 1 amide bonds. The Bertz CT molecular complexity index is 741. The van der Waals surface area contributed by atoms with E-state index in [2.05, 4.69) is 10.3 Å². The van der Waals surface area contributed by atoms with Crippen molar-refractivity contribution in [1.29, 1.82) is 0 Å². The Morgan fingerprint density at radius 2 is 2.18 bits per heavy atom. The fourth-order valence-corrected chi connectivity index (χ4v) is 2.05. The first-order valence-corrected chi connectivity index (χ1v) is 6.60. The minimum absolute atomic E-state index is 0.00374. The van der Waals surface area contributed by atoms with Gasteiger partial charge in [-0.25, -0.2) is 4.98 Å². The molecule has 0 saturated heterocycles. The number of nitro groups is 1. The number of aromatic nitrogens is 1. The van der Waals surface area contributed by atoms with Crippen LogP contribution in [0.25, 0.3) is 0 Å². The van der Waals surface area contributed by atoms with E-state index in [1.54, 1.807) is 0 Å². The summed E-state index contributed by atoms with van der Waals surface area (Å²) in [5.74, 6) is -1.05. The monoisotopic (exact) mass is 325 g/mol. The van der Waals surface area contributed by atoms with Gasteiger partial charge in [-0.2, -0.15) is 0 Å². The van der Waals surface area contributed by atoms with Gasteiger partial charge in [0.15, 0.2) is 12.1 Å². The third-order valence-corrected chi connectivity index (χ3v) is 3.05.